The normalized spacial score (nSPS) is 25.2. The number of rotatable bonds is 2. The van der Waals surface area contributed by atoms with Crippen molar-refractivity contribution in [2.24, 2.45) is 11.3 Å². The van der Waals surface area contributed by atoms with E-state index in [1.807, 2.05) is 0 Å². The van der Waals surface area contributed by atoms with Crippen LogP contribution < -0.4 is 5.56 Å². The van der Waals surface area contributed by atoms with Crippen molar-refractivity contribution in [3.8, 4) is 0 Å². The highest BCUT2D eigenvalue weighted by atomic mass is 16.5. The lowest BCUT2D eigenvalue weighted by Crippen LogP contribution is -2.41. The molecule has 2 aliphatic heterocycles. The van der Waals surface area contributed by atoms with Gasteiger partial charge in [0, 0.05) is 24.7 Å². The van der Waals surface area contributed by atoms with Gasteiger partial charge >= 0.3 is 5.97 Å². The van der Waals surface area contributed by atoms with Gasteiger partial charge in [-0.25, -0.2) is 0 Å². The van der Waals surface area contributed by atoms with Crippen LogP contribution >= 0.6 is 0 Å². The summed E-state index contributed by atoms with van der Waals surface area (Å²) in [5.41, 5.74) is 1.03. The summed E-state index contributed by atoms with van der Waals surface area (Å²) in [6.07, 6.45) is 3.87. The van der Waals surface area contributed by atoms with Gasteiger partial charge in [0.15, 0.2) is 0 Å². The van der Waals surface area contributed by atoms with Gasteiger partial charge in [-0.1, -0.05) is 0 Å². The van der Waals surface area contributed by atoms with Crippen LogP contribution in [0.25, 0.3) is 0 Å². The van der Waals surface area contributed by atoms with Crippen molar-refractivity contribution in [3.63, 3.8) is 0 Å². The fourth-order valence-corrected chi connectivity index (χ4v) is 4.39. The maximum Gasteiger partial charge on any atom is 0.316 e. The number of carboxylic acid groups (broad SMARTS) is 1. The predicted octanol–water partition coefficient (Wildman–Crippen LogP) is 0.216. The van der Waals surface area contributed by atoms with E-state index in [4.69, 9.17) is 19.4 Å². The minimum atomic E-state index is -0.800. The first-order valence-corrected chi connectivity index (χ1v) is 9.25. The number of esters is 1. The number of carbonyl (C=O) groups is 3. The van der Waals surface area contributed by atoms with Gasteiger partial charge in [-0.2, -0.15) is 0 Å². The Bertz CT molecular complexity index is 834. The van der Waals surface area contributed by atoms with Crippen LogP contribution in [0.1, 0.15) is 34.5 Å². The summed E-state index contributed by atoms with van der Waals surface area (Å²) in [6, 6.07) is 1.74. The largest absolute Gasteiger partial charge is 0.483 e. The van der Waals surface area contributed by atoms with Crippen molar-refractivity contribution in [2.45, 2.75) is 25.7 Å². The molecule has 0 bridgehead atoms. The molecule has 0 spiro atoms. The number of likely N-dealkylation sites (tertiary alicyclic amines) is 1. The minimum absolute atomic E-state index is 0.0828. The molecule has 2 fully saturated rings. The first kappa shape index (κ1) is 20.1. The van der Waals surface area contributed by atoms with Crippen LogP contribution in [0.4, 0.5) is 0 Å². The van der Waals surface area contributed by atoms with Crippen molar-refractivity contribution in [2.75, 3.05) is 33.4 Å². The number of fused-ring (bicyclic) bond motifs is 2. The van der Waals surface area contributed by atoms with Crippen molar-refractivity contribution < 1.29 is 29.0 Å². The second-order valence-corrected chi connectivity index (χ2v) is 7.37. The van der Waals surface area contributed by atoms with Gasteiger partial charge < -0.3 is 24.5 Å². The zero-order valence-electron chi connectivity index (χ0n) is 15.7. The van der Waals surface area contributed by atoms with E-state index in [-0.39, 0.29) is 48.5 Å². The molecular formula is C19H24N2O7. The molecule has 1 amide bonds. The Morgan fingerprint density at radius 2 is 2.11 bits per heavy atom. The highest BCUT2D eigenvalue weighted by Gasteiger charge is 2.57. The number of ether oxygens (including phenoxy) is 2. The number of methoxy groups -OCH3 is 1. The van der Waals surface area contributed by atoms with E-state index < -0.39 is 5.41 Å². The SMILES string of the molecule is COC(=O)[C@@]12COC[C@@H]1CN(C(=O)c1cc3c([nH]c1=O)CCCC3)C2.O=CO. The van der Waals surface area contributed by atoms with E-state index in [0.717, 1.165) is 36.9 Å². The summed E-state index contributed by atoms with van der Waals surface area (Å²) < 4.78 is 10.4. The van der Waals surface area contributed by atoms with Crippen molar-refractivity contribution in [1.29, 1.82) is 0 Å². The molecule has 9 heteroatoms. The van der Waals surface area contributed by atoms with Gasteiger partial charge in [0.1, 0.15) is 11.0 Å². The smallest absolute Gasteiger partial charge is 0.316 e. The Morgan fingerprint density at radius 1 is 1.39 bits per heavy atom. The lowest BCUT2D eigenvalue weighted by atomic mass is 9.81. The van der Waals surface area contributed by atoms with Gasteiger partial charge in [0.05, 0.1) is 20.3 Å². The topological polar surface area (TPSA) is 126 Å². The third-order valence-corrected chi connectivity index (χ3v) is 5.82. The van der Waals surface area contributed by atoms with E-state index in [0.29, 0.717) is 13.2 Å². The number of nitrogens with one attached hydrogen (secondary N) is 1. The third kappa shape index (κ3) is 3.42. The predicted molar refractivity (Wildman–Crippen MR) is 97.1 cm³/mol. The number of aromatic nitrogens is 1. The van der Waals surface area contributed by atoms with Crippen LogP contribution in [0.5, 0.6) is 0 Å². The molecule has 1 aromatic rings. The fraction of sp³-hybridized carbons (Fsp3) is 0.579. The Labute approximate surface area is 161 Å². The number of aromatic amines is 1. The average Bonchev–Trinajstić information content (AvgIpc) is 3.25. The number of pyridine rings is 1. The maximum absolute atomic E-state index is 13.0. The number of amides is 1. The summed E-state index contributed by atoms with van der Waals surface area (Å²) >= 11 is 0. The Kier molecular flexibility index (Phi) is 5.83. The van der Waals surface area contributed by atoms with E-state index >= 15 is 0 Å². The molecule has 0 aromatic carbocycles. The maximum atomic E-state index is 13.0. The monoisotopic (exact) mass is 392 g/mol. The molecule has 4 rings (SSSR count). The minimum Gasteiger partial charge on any atom is -0.483 e. The van der Waals surface area contributed by atoms with E-state index in [1.165, 1.54) is 7.11 Å². The molecule has 9 nitrogen and oxygen atoms in total. The van der Waals surface area contributed by atoms with Gasteiger partial charge in [-0.15, -0.1) is 0 Å². The quantitative estimate of drug-likeness (QED) is 0.544. The highest BCUT2D eigenvalue weighted by molar-refractivity contribution is 5.95. The molecule has 0 radical (unpaired) electrons. The van der Waals surface area contributed by atoms with Crippen LogP contribution in [-0.4, -0.2) is 66.8 Å². The van der Waals surface area contributed by atoms with Gasteiger partial charge in [-0.3, -0.25) is 19.2 Å². The number of carbonyl (C=O) groups excluding carboxylic acids is 2. The third-order valence-electron chi connectivity index (χ3n) is 5.82. The molecule has 3 aliphatic rings. The molecule has 2 N–H and O–H groups in total. The Morgan fingerprint density at radius 3 is 2.82 bits per heavy atom. The van der Waals surface area contributed by atoms with Crippen LogP contribution in [-0.2, 0) is 31.9 Å². The molecule has 3 heterocycles. The summed E-state index contributed by atoms with van der Waals surface area (Å²) in [6.45, 7) is 1.08. The van der Waals surface area contributed by atoms with Crippen molar-refractivity contribution >= 4 is 18.3 Å². The number of H-pyrrole nitrogens is 1. The molecule has 0 saturated carbocycles. The van der Waals surface area contributed by atoms with Crippen molar-refractivity contribution in [3.05, 3.63) is 33.2 Å². The van der Waals surface area contributed by atoms with E-state index in [1.54, 1.807) is 11.0 Å². The standard InChI is InChI=1S/C18H22N2O5.CH2O2/c1-24-17(23)18-9-20(7-12(18)8-25-10-18)16(22)13-6-11-4-2-3-5-14(11)19-15(13)21;2-1-3/h6,12H,2-5,7-10H2,1H3,(H,19,21);1H,(H,2,3)/t12-,18-;/m0./s1. The molecule has 152 valence electrons. The first-order chi connectivity index (χ1) is 13.5. The van der Waals surface area contributed by atoms with Crippen LogP contribution in [0, 0.1) is 11.3 Å². The van der Waals surface area contributed by atoms with Crippen LogP contribution in [0.2, 0.25) is 0 Å². The molecule has 2 saturated heterocycles. The van der Waals surface area contributed by atoms with Crippen molar-refractivity contribution in [1.82, 2.24) is 9.88 Å². The summed E-state index contributed by atoms with van der Waals surface area (Å²) in [4.78, 5) is 50.4. The van der Waals surface area contributed by atoms with E-state index in [9.17, 15) is 14.4 Å². The zero-order valence-corrected chi connectivity index (χ0v) is 15.7. The number of nitrogens with zero attached hydrogens (tertiary/aromatic N) is 1. The lowest BCUT2D eigenvalue weighted by molar-refractivity contribution is -0.153. The number of hydrogen-bond acceptors (Lipinski definition) is 6. The second-order valence-electron chi connectivity index (χ2n) is 7.37. The van der Waals surface area contributed by atoms with E-state index in [2.05, 4.69) is 4.98 Å². The summed E-state index contributed by atoms with van der Waals surface area (Å²) in [5, 5.41) is 6.89. The molecule has 28 heavy (non-hydrogen) atoms. The molecular weight excluding hydrogens is 368 g/mol. The second kappa shape index (κ2) is 8.14. The average molecular weight is 392 g/mol. The molecule has 1 aromatic heterocycles. The summed E-state index contributed by atoms with van der Waals surface area (Å²) in [7, 11) is 1.35. The molecule has 1 aliphatic carbocycles. The van der Waals surface area contributed by atoms with Gasteiger partial charge in [0.25, 0.3) is 17.9 Å². The summed E-state index contributed by atoms with van der Waals surface area (Å²) in [5.74, 6) is -0.738. The highest BCUT2D eigenvalue weighted by Crippen LogP contribution is 2.42. The zero-order chi connectivity index (χ0) is 20.3. The van der Waals surface area contributed by atoms with Crippen LogP contribution in [0.15, 0.2) is 10.9 Å². The molecule has 2 atom stereocenters. The lowest BCUT2D eigenvalue weighted by Gasteiger charge is -2.24. The van der Waals surface area contributed by atoms with Gasteiger partial charge in [0.2, 0.25) is 0 Å². The Balaban J connectivity index is 0.000000706. The fourth-order valence-electron chi connectivity index (χ4n) is 4.39. The van der Waals surface area contributed by atoms with Gasteiger partial charge in [-0.05, 0) is 37.3 Å². The Hall–Kier alpha value is -2.68. The molecule has 0 unspecified atom stereocenters. The van der Waals surface area contributed by atoms with Crippen LogP contribution in [0.3, 0.4) is 0 Å². The number of hydrogen-bond donors (Lipinski definition) is 2. The number of aryl methyl sites for hydroxylation is 2. The first-order valence-electron chi connectivity index (χ1n) is 9.25.